The molecule has 2 aromatic rings. The lowest BCUT2D eigenvalue weighted by Crippen LogP contribution is -2.12. The predicted octanol–water partition coefficient (Wildman–Crippen LogP) is 2.19. The van der Waals surface area contributed by atoms with Gasteiger partial charge in [0, 0.05) is 17.1 Å². The van der Waals surface area contributed by atoms with Crippen LogP contribution in [0.15, 0.2) is 36.2 Å². The number of H-pyrrole nitrogens is 1. The molecule has 0 spiro atoms. The Kier molecular flexibility index (Phi) is 5.32. The maximum Gasteiger partial charge on any atom is 0.353 e. The summed E-state index contributed by atoms with van der Waals surface area (Å²) in [4.78, 5) is 14.3. The zero-order valence-electron chi connectivity index (χ0n) is 10.3. The van der Waals surface area contributed by atoms with Gasteiger partial charge in [0.1, 0.15) is 5.70 Å². The third-order valence-electron chi connectivity index (χ3n) is 2.36. The highest BCUT2D eigenvalue weighted by Crippen LogP contribution is 2.19. The first-order chi connectivity index (χ1) is 8.72. The fourth-order valence-corrected chi connectivity index (χ4v) is 1.58. The molecule has 1 heterocycles. The number of ether oxygens (including phenoxy) is 1. The molecular formula is C13H16N2O2S. The topological polar surface area (TPSA) is 68.1 Å². The number of aromatic amines is 1. The second-order valence-electron chi connectivity index (χ2n) is 3.38. The van der Waals surface area contributed by atoms with Gasteiger partial charge in [-0.15, -0.1) is 0 Å². The summed E-state index contributed by atoms with van der Waals surface area (Å²) in [5.74, 6) is -0.521. The number of methoxy groups -OCH3 is 1. The number of nitrogens with two attached hydrogens (primary N) is 1. The van der Waals surface area contributed by atoms with Crippen LogP contribution < -0.4 is 5.73 Å². The number of nitrogens with one attached hydrogen (secondary N) is 1. The lowest BCUT2D eigenvalue weighted by Gasteiger charge is -2.00. The van der Waals surface area contributed by atoms with E-state index in [1.807, 2.05) is 30.5 Å². The van der Waals surface area contributed by atoms with Crippen molar-refractivity contribution < 1.29 is 9.53 Å². The van der Waals surface area contributed by atoms with E-state index in [9.17, 15) is 4.79 Å². The summed E-state index contributed by atoms with van der Waals surface area (Å²) in [6.07, 6.45) is 5.15. The number of rotatable bonds is 2. The summed E-state index contributed by atoms with van der Waals surface area (Å²) >= 11 is 3.53. The number of carbonyl (C=O) groups excluding carboxylic acids is 1. The lowest BCUT2D eigenvalue weighted by atomic mass is 10.1. The standard InChI is InChI=1S/C12H12N2O2.CH4S/c1-16-12(15)10(13)7-8-3-2-4-11-9(8)5-6-14-11;1-2/h2-7,14H,13H2,1H3;2H,1H3/b10-7-;. The minimum absolute atomic E-state index is 0.0937. The third-order valence-corrected chi connectivity index (χ3v) is 2.36. The van der Waals surface area contributed by atoms with Crippen molar-refractivity contribution in [3.63, 3.8) is 0 Å². The molecule has 5 heteroatoms. The minimum atomic E-state index is -0.521. The summed E-state index contributed by atoms with van der Waals surface area (Å²) in [6.45, 7) is 0. The molecule has 0 saturated carbocycles. The maximum absolute atomic E-state index is 11.2. The molecule has 0 aliphatic rings. The second kappa shape index (κ2) is 6.76. The molecule has 0 radical (unpaired) electrons. The Bertz CT molecular complexity index is 561. The van der Waals surface area contributed by atoms with E-state index in [-0.39, 0.29) is 5.70 Å². The molecule has 0 aliphatic carbocycles. The Morgan fingerprint density at radius 3 is 2.78 bits per heavy atom. The van der Waals surface area contributed by atoms with Gasteiger partial charge in [-0.05, 0) is 30.0 Å². The molecule has 0 saturated heterocycles. The van der Waals surface area contributed by atoms with E-state index in [0.29, 0.717) is 0 Å². The van der Waals surface area contributed by atoms with Gasteiger partial charge in [0.2, 0.25) is 0 Å². The fraction of sp³-hybridized carbons (Fsp3) is 0.154. The van der Waals surface area contributed by atoms with E-state index in [2.05, 4.69) is 22.3 Å². The Morgan fingerprint density at radius 2 is 2.11 bits per heavy atom. The van der Waals surface area contributed by atoms with E-state index in [1.165, 1.54) is 7.11 Å². The normalized spacial score (nSPS) is 10.7. The Balaban J connectivity index is 0.000000771. The first-order valence-electron chi connectivity index (χ1n) is 5.28. The highest BCUT2D eigenvalue weighted by atomic mass is 32.1. The summed E-state index contributed by atoms with van der Waals surface area (Å²) in [6, 6.07) is 7.69. The van der Waals surface area contributed by atoms with Crippen molar-refractivity contribution in [1.29, 1.82) is 0 Å². The van der Waals surface area contributed by atoms with Crippen LogP contribution in [-0.2, 0) is 9.53 Å². The number of benzene rings is 1. The van der Waals surface area contributed by atoms with Crippen molar-refractivity contribution in [1.82, 2.24) is 4.98 Å². The Hall–Kier alpha value is -1.88. The van der Waals surface area contributed by atoms with Crippen molar-refractivity contribution in [2.45, 2.75) is 0 Å². The smallest absolute Gasteiger partial charge is 0.353 e. The van der Waals surface area contributed by atoms with Crippen molar-refractivity contribution >= 4 is 35.6 Å². The fourth-order valence-electron chi connectivity index (χ4n) is 1.58. The van der Waals surface area contributed by atoms with Gasteiger partial charge in [-0.1, -0.05) is 12.1 Å². The van der Waals surface area contributed by atoms with Crippen molar-refractivity contribution in [2.24, 2.45) is 5.73 Å². The van der Waals surface area contributed by atoms with Crippen molar-refractivity contribution in [2.75, 3.05) is 13.4 Å². The van der Waals surface area contributed by atoms with Crippen LogP contribution in [0.1, 0.15) is 5.56 Å². The molecule has 0 amide bonds. The van der Waals surface area contributed by atoms with Crippen LogP contribution in [0.5, 0.6) is 0 Å². The molecule has 0 atom stereocenters. The Labute approximate surface area is 111 Å². The average molecular weight is 264 g/mol. The minimum Gasteiger partial charge on any atom is -0.464 e. The van der Waals surface area contributed by atoms with Crippen LogP contribution in [-0.4, -0.2) is 24.3 Å². The zero-order chi connectivity index (χ0) is 13.5. The first-order valence-corrected chi connectivity index (χ1v) is 6.18. The van der Waals surface area contributed by atoms with Gasteiger partial charge in [0.05, 0.1) is 7.11 Å². The quantitative estimate of drug-likeness (QED) is 0.442. The molecule has 0 fully saturated rings. The van der Waals surface area contributed by atoms with E-state index >= 15 is 0 Å². The summed E-state index contributed by atoms with van der Waals surface area (Å²) in [7, 11) is 1.31. The van der Waals surface area contributed by atoms with E-state index in [1.54, 1.807) is 12.3 Å². The first kappa shape index (κ1) is 14.2. The highest BCUT2D eigenvalue weighted by Gasteiger charge is 2.05. The Morgan fingerprint density at radius 1 is 1.39 bits per heavy atom. The summed E-state index contributed by atoms with van der Waals surface area (Å²) in [5.41, 5.74) is 7.59. The second-order valence-corrected chi connectivity index (χ2v) is 3.38. The number of thiol groups is 1. The lowest BCUT2D eigenvalue weighted by molar-refractivity contribution is -0.136. The van der Waals surface area contributed by atoms with E-state index in [0.717, 1.165) is 16.5 Å². The molecule has 0 aliphatic heterocycles. The van der Waals surface area contributed by atoms with Gasteiger partial charge in [-0.3, -0.25) is 0 Å². The SMILES string of the molecule is COC(=O)/C(N)=C/c1cccc2[nH]ccc12.CS. The maximum atomic E-state index is 11.2. The largest absolute Gasteiger partial charge is 0.464 e. The van der Waals surface area contributed by atoms with Crippen molar-refractivity contribution in [3.8, 4) is 0 Å². The van der Waals surface area contributed by atoms with E-state index in [4.69, 9.17) is 5.73 Å². The highest BCUT2D eigenvalue weighted by molar-refractivity contribution is 7.79. The van der Waals surface area contributed by atoms with Crippen LogP contribution in [0.4, 0.5) is 0 Å². The van der Waals surface area contributed by atoms with Crippen LogP contribution in [0.2, 0.25) is 0 Å². The molecule has 0 unspecified atom stereocenters. The molecule has 4 nitrogen and oxygen atoms in total. The van der Waals surface area contributed by atoms with Crippen LogP contribution in [0.3, 0.4) is 0 Å². The number of carbonyl (C=O) groups is 1. The van der Waals surface area contributed by atoms with Gasteiger partial charge in [0.15, 0.2) is 0 Å². The number of hydrogen-bond donors (Lipinski definition) is 3. The summed E-state index contributed by atoms with van der Waals surface area (Å²) < 4.78 is 4.54. The third kappa shape index (κ3) is 3.07. The van der Waals surface area contributed by atoms with Crippen LogP contribution in [0.25, 0.3) is 17.0 Å². The number of fused-ring (bicyclic) bond motifs is 1. The van der Waals surface area contributed by atoms with Gasteiger partial charge >= 0.3 is 5.97 Å². The molecule has 18 heavy (non-hydrogen) atoms. The summed E-state index contributed by atoms with van der Waals surface area (Å²) in [5, 5.41) is 1.02. The number of esters is 1. The van der Waals surface area contributed by atoms with E-state index < -0.39 is 5.97 Å². The van der Waals surface area contributed by atoms with Crippen LogP contribution >= 0.6 is 12.6 Å². The molecule has 2 rings (SSSR count). The van der Waals surface area contributed by atoms with Gasteiger partial charge in [-0.2, -0.15) is 12.6 Å². The van der Waals surface area contributed by atoms with Gasteiger partial charge in [0.25, 0.3) is 0 Å². The molecule has 0 bridgehead atoms. The molecule has 1 aromatic carbocycles. The van der Waals surface area contributed by atoms with Crippen molar-refractivity contribution in [3.05, 3.63) is 41.7 Å². The zero-order valence-corrected chi connectivity index (χ0v) is 11.2. The molecule has 96 valence electrons. The monoisotopic (exact) mass is 264 g/mol. The van der Waals surface area contributed by atoms with Gasteiger partial charge < -0.3 is 15.5 Å². The number of hydrogen-bond acceptors (Lipinski definition) is 4. The molecule has 1 aromatic heterocycles. The number of aromatic nitrogens is 1. The van der Waals surface area contributed by atoms with Gasteiger partial charge in [-0.25, -0.2) is 4.79 Å². The average Bonchev–Trinajstić information content (AvgIpc) is 2.89. The van der Waals surface area contributed by atoms with Crippen LogP contribution in [0, 0.1) is 0 Å². The predicted molar refractivity (Wildman–Crippen MR) is 77.4 cm³/mol. The molecular weight excluding hydrogens is 248 g/mol. The molecule has 3 N–H and O–H groups in total.